The van der Waals surface area contributed by atoms with E-state index in [0.717, 1.165) is 5.56 Å². The summed E-state index contributed by atoms with van der Waals surface area (Å²) < 4.78 is 1.22. The lowest BCUT2D eigenvalue weighted by Crippen LogP contribution is -1.92. The van der Waals surface area contributed by atoms with E-state index in [0.29, 0.717) is 8.95 Å². The van der Waals surface area contributed by atoms with Crippen molar-refractivity contribution in [2.24, 2.45) is 0 Å². The highest BCUT2D eigenvalue weighted by Crippen LogP contribution is 2.30. The van der Waals surface area contributed by atoms with Crippen LogP contribution < -0.4 is 5.11 Å². The van der Waals surface area contributed by atoms with Gasteiger partial charge in [0.2, 0.25) is 0 Å². The van der Waals surface area contributed by atoms with Crippen LogP contribution in [-0.4, -0.2) is 0 Å². The van der Waals surface area contributed by atoms with Crippen LogP contribution in [0.1, 0.15) is 5.56 Å². The average molecular weight is 265 g/mol. The number of aryl methyl sites for hydroxylation is 1. The zero-order valence-corrected chi connectivity index (χ0v) is 8.49. The number of benzene rings is 1. The summed E-state index contributed by atoms with van der Waals surface area (Å²) in [5.41, 5.74) is 1.07. The first kappa shape index (κ1) is 8.08. The van der Waals surface area contributed by atoms with E-state index in [2.05, 4.69) is 31.9 Å². The second-order valence-electron chi connectivity index (χ2n) is 2.06. The standard InChI is InChI=1S/C7H6Br2O/c1-4-2-5(8)7(10)6(9)3-4/h2-3,10H,1H3/p-1. The molecule has 0 fully saturated rings. The van der Waals surface area contributed by atoms with Crippen LogP contribution in [0.3, 0.4) is 0 Å². The third kappa shape index (κ3) is 1.52. The normalized spacial score (nSPS) is 9.90. The maximum absolute atomic E-state index is 11.0. The molecule has 0 N–H and O–H groups in total. The van der Waals surface area contributed by atoms with Crippen LogP contribution in [0.15, 0.2) is 21.1 Å². The fraction of sp³-hybridized carbons (Fsp3) is 0.143. The summed E-state index contributed by atoms with van der Waals surface area (Å²) in [7, 11) is 0. The van der Waals surface area contributed by atoms with Crippen molar-refractivity contribution in [2.75, 3.05) is 0 Å². The fourth-order valence-electron chi connectivity index (χ4n) is 0.687. The second-order valence-corrected chi connectivity index (χ2v) is 3.77. The van der Waals surface area contributed by atoms with Gasteiger partial charge in [-0.3, -0.25) is 0 Å². The smallest absolute Gasteiger partial charge is 0.0110 e. The lowest BCUT2D eigenvalue weighted by molar-refractivity contribution is -0.270. The topological polar surface area (TPSA) is 23.1 Å². The molecule has 0 spiro atoms. The summed E-state index contributed by atoms with van der Waals surface area (Å²) in [6.07, 6.45) is 0. The molecule has 0 heterocycles. The van der Waals surface area contributed by atoms with Crippen molar-refractivity contribution in [3.05, 3.63) is 26.6 Å². The molecule has 10 heavy (non-hydrogen) atoms. The van der Waals surface area contributed by atoms with Gasteiger partial charge in [0, 0.05) is 8.95 Å². The summed E-state index contributed by atoms with van der Waals surface area (Å²) in [5.74, 6) is 0.00519. The zero-order chi connectivity index (χ0) is 7.72. The summed E-state index contributed by atoms with van der Waals surface area (Å²) in [6.45, 7) is 1.94. The average Bonchev–Trinajstić information content (AvgIpc) is 1.82. The van der Waals surface area contributed by atoms with Gasteiger partial charge in [-0.25, -0.2) is 0 Å². The summed E-state index contributed by atoms with van der Waals surface area (Å²) in [5, 5.41) is 11.0. The minimum atomic E-state index is 0.00519. The van der Waals surface area contributed by atoms with Gasteiger partial charge in [0.1, 0.15) is 0 Å². The summed E-state index contributed by atoms with van der Waals surface area (Å²) >= 11 is 6.31. The molecule has 54 valence electrons. The Kier molecular flexibility index (Phi) is 2.36. The third-order valence-corrected chi connectivity index (χ3v) is 2.32. The molecule has 1 aromatic carbocycles. The minimum absolute atomic E-state index is 0.00519. The van der Waals surface area contributed by atoms with Crippen LogP contribution in [0.2, 0.25) is 0 Å². The van der Waals surface area contributed by atoms with Crippen LogP contribution in [-0.2, 0) is 0 Å². The van der Waals surface area contributed by atoms with Gasteiger partial charge in [-0.1, -0.05) is 37.6 Å². The van der Waals surface area contributed by atoms with Gasteiger partial charge in [0.15, 0.2) is 0 Å². The van der Waals surface area contributed by atoms with Crippen molar-refractivity contribution in [2.45, 2.75) is 6.92 Å². The fourth-order valence-corrected chi connectivity index (χ4v) is 2.10. The maximum atomic E-state index is 11.0. The first-order valence-electron chi connectivity index (χ1n) is 2.74. The van der Waals surface area contributed by atoms with E-state index in [1.165, 1.54) is 0 Å². The quantitative estimate of drug-likeness (QED) is 0.707. The third-order valence-electron chi connectivity index (χ3n) is 1.14. The van der Waals surface area contributed by atoms with Crippen molar-refractivity contribution >= 4 is 31.9 Å². The Morgan fingerprint density at radius 3 is 2.00 bits per heavy atom. The van der Waals surface area contributed by atoms with Crippen molar-refractivity contribution in [3.8, 4) is 5.75 Å². The molecule has 1 rings (SSSR count). The summed E-state index contributed by atoms with van der Waals surface area (Å²) in [6, 6.07) is 3.60. The molecule has 0 unspecified atom stereocenters. The molecule has 0 aliphatic heterocycles. The molecule has 0 aliphatic rings. The predicted octanol–water partition coefficient (Wildman–Crippen LogP) is 2.59. The van der Waals surface area contributed by atoms with Crippen LogP contribution >= 0.6 is 31.9 Å². The molecular weight excluding hydrogens is 260 g/mol. The molecule has 0 radical (unpaired) electrons. The molecule has 0 aliphatic carbocycles. The summed E-state index contributed by atoms with van der Waals surface area (Å²) in [4.78, 5) is 0. The molecule has 0 saturated carbocycles. The van der Waals surface area contributed by atoms with Gasteiger partial charge in [0.05, 0.1) is 0 Å². The highest BCUT2D eigenvalue weighted by molar-refractivity contribution is 9.11. The van der Waals surface area contributed by atoms with Crippen molar-refractivity contribution in [1.82, 2.24) is 0 Å². The predicted molar refractivity (Wildman–Crippen MR) is 46.0 cm³/mol. The lowest BCUT2D eigenvalue weighted by Gasteiger charge is -2.11. The Morgan fingerprint density at radius 1 is 1.20 bits per heavy atom. The number of halogens is 2. The van der Waals surface area contributed by atoms with E-state index in [4.69, 9.17) is 0 Å². The van der Waals surface area contributed by atoms with E-state index >= 15 is 0 Å². The Labute approximate surface area is 76.3 Å². The molecule has 1 aromatic rings. The van der Waals surface area contributed by atoms with Gasteiger partial charge in [0.25, 0.3) is 0 Å². The molecular formula is C7H5Br2O-. The van der Waals surface area contributed by atoms with Gasteiger partial charge >= 0.3 is 0 Å². The molecule has 0 atom stereocenters. The Balaban J connectivity index is 3.31. The Bertz CT molecular complexity index is 235. The van der Waals surface area contributed by atoms with Crippen molar-refractivity contribution in [1.29, 1.82) is 0 Å². The molecule has 1 nitrogen and oxygen atoms in total. The van der Waals surface area contributed by atoms with E-state index in [1.807, 2.05) is 6.92 Å². The Morgan fingerprint density at radius 2 is 1.60 bits per heavy atom. The van der Waals surface area contributed by atoms with Crippen molar-refractivity contribution < 1.29 is 5.11 Å². The minimum Gasteiger partial charge on any atom is -0.871 e. The lowest BCUT2D eigenvalue weighted by atomic mass is 10.2. The number of hydrogen-bond acceptors (Lipinski definition) is 1. The molecule has 3 heteroatoms. The highest BCUT2D eigenvalue weighted by Gasteiger charge is 1.94. The van der Waals surface area contributed by atoms with Gasteiger partial charge in [-0.05, 0) is 24.6 Å². The number of hydrogen-bond donors (Lipinski definition) is 0. The molecule has 0 aromatic heterocycles. The molecule has 0 saturated heterocycles. The zero-order valence-electron chi connectivity index (χ0n) is 5.32. The van der Waals surface area contributed by atoms with Gasteiger partial charge in [-0.2, -0.15) is 0 Å². The van der Waals surface area contributed by atoms with Crippen LogP contribution in [0.4, 0.5) is 0 Å². The van der Waals surface area contributed by atoms with E-state index < -0.39 is 0 Å². The first-order chi connectivity index (χ1) is 4.61. The van der Waals surface area contributed by atoms with Crippen molar-refractivity contribution in [3.63, 3.8) is 0 Å². The van der Waals surface area contributed by atoms with E-state index in [-0.39, 0.29) is 5.75 Å². The first-order valence-corrected chi connectivity index (χ1v) is 4.32. The van der Waals surface area contributed by atoms with Crippen LogP contribution in [0.5, 0.6) is 5.75 Å². The largest absolute Gasteiger partial charge is 0.871 e. The molecule has 0 amide bonds. The van der Waals surface area contributed by atoms with E-state index in [1.54, 1.807) is 12.1 Å². The van der Waals surface area contributed by atoms with Gasteiger partial charge < -0.3 is 5.11 Å². The number of rotatable bonds is 0. The second kappa shape index (κ2) is 2.93. The van der Waals surface area contributed by atoms with Crippen LogP contribution in [0, 0.1) is 6.92 Å². The maximum Gasteiger partial charge on any atom is 0.0110 e. The highest BCUT2D eigenvalue weighted by atomic mass is 79.9. The van der Waals surface area contributed by atoms with Crippen LogP contribution in [0.25, 0.3) is 0 Å². The monoisotopic (exact) mass is 263 g/mol. The SMILES string of the molecule is Cc1cc(Br)c([O-])c(Br)c1. The van der Waals surface area contributed by atoms with Gasteiger partial charge in [-0.15, -0.1) is 0 Å². The van der Waals surface area contributed by atoms with E-state index in [9.17, 15) is 5.11 Å². The Hall–Kier alpha value is -0.0200. The molecule has 0 bridgehead atoms.